The van der Waals surface area contributed by atoms with Gasteiger partial charge in [-0.05, 0) is 85.0 Å². The standard InChI is InChI=1S/C24H35NO3/c1-24-10-5-6-21(24)18-8-7-16-14-22(28-13-12-27-4)20(23(26)25(2)3)15-19(16)17(18)9-11-24/h14-15,17-18,21H,5-13H2,1-4H3/t17-,18+,21-,24-/m0/s1. The molecule has 0 radical (unpaired) electrons. The Kier molecular flexibility index (Phi) is 5.43. The zero-order valence-corrected chi connectivity index (χ0v) is 17.9. The van der Waals surface area contributed by atoms with Crippen LogP contribution in [0.5, 0.6) is 5.75 Å². The summed E-state index contributed by atoms with van der Waals surface area (Å²) in [5.41, 5.74) is 4.09. The van der Waals surface area contributed by atoms with Crippen molar-refractivity contribution in [3.63, 3.8) is 0 Å². The number of amides is 1. The third-order valence-corrected chi connectivity index (χ3v) is 7.79. The van der Waals surface area contributed by atoms with Crippen molar-refractivity contribution in [1.82, 2.24) is 4.90 Å². The predicted molar refractivity (Wildman–Crippen MR) is 111 cm³/mol. The van der Waals surface area contributed by atoms with E-state index in [0.29, 0.717) is 30.1 Å². The lowest BCUT2D eigenvalue weighted by Gasteiger charge is -2.49. The van der Waals surface area contributed by atoms with Gasteiger partial charge in [0, 0.05) is 21.2 Å². The van der Waals surface area contributed by atoms with Crippen molar-refractivity contribution in [3.8, 4) is 5.75 Å². The molecule has 0 N–H and O–H groups in total. The molecule has 3 aliphatic carbocycles. The molecular formula is C24H35NO3. The summed E-state index contributed by atoms with van der Waals surface area (Å²) in [7, 11) is 5.30. The van der Waals surface area contributed by atoms with Crippen LogP contribution in [0.4, 0.5) is 0 Å². The van der Waals surface area contributed by atoms with Crippen LogP contribution < -0.4 is 4.74 Å². The van der Waals surface area contributed by atoms with Crippen molar-refractivity contribution in [2.45, 2.75) is 57.8 Å². The van der Waals surface area contributed by atoms with Crippen LogP contribution in [-0.4, -0.2) is 45.2 Å². The minimum absolute atomic E-state index is 0.0267. The average molecular weight is 386 g/mol. The van der Waals surface area contributed by atoms with Crippen LogP contribution in [0.15, 0.2) is 12.1 Å². The smallest absolute Gasteiger partial charge is 0.257 e. The number of rotatable bonds is 5. The highest BCUT2D eigenvalue weighted by Crippen LogP contribution is 2.61. The number of fused-ring (bicyclic) bond motifs is 5. The van der Waals surface area contributed by atoms with Crippen molar-refractivity contribution in [3.05, 3.63) is 28.8 Å². The van der Waals surface area contributed by atoms with Crippen molar-refractivity contribution in [2.24, 2.45) is 17.3 Å². The molecule has 0 bridgehead atoms. The van der Waals surface area contributed by atoms with Gasteiger partial charge in [-0.3, -0.25) is 4.79 Å². The van der Waals surface area contributed by atoms with Crippen molar-refractivity contribution in [1.29, 1.82) is 0 Å². The van der Waals surface area contributed by atoms with Gasteiger partial charge in [0.05, 0.1) is 12.2 Å². The summed E-state index contributed by atoms with van der Waals surface area (Å²) in [5, 5.41) is 0. The second kappa shape index (κ2) is 7.70. The number of carbonyl (C=O) groups excluding carboxylic acids is 1. The molecule has 0 unspecified atom stereocenters. The molecule has 3 aliphatic rings. The SMILES string of the molecule is COCCOc1cc2c(cc1C(=O)N(C)C)[C@H]1CC[C@]3(C)CCC[C@H]3[C@@H]1CC2. The fourth-order valence-corrected chi connectivity index (χ4v) is 6.35. The van der Waals surface area contributed by atoms with E-state index in [0.717, 1.165) is 24.0 Å². The Balaban J connectivity index is 1.69. The molecule has 1 aromatic rings. The Labute approximate surface area is 169 Å². The number of benzene rings is 1. The molecule has 4 atom stereocenters. The Bertz CT molecular complexity index is 744. The van der Waals surface area contributed by atoms with E-state index in [1.165, 1.54) is 49.7 Å². The number of nitrogens with zero attached hydrogens (tertiary/aromatic N) is 1. The molecule has 0 heterocycles. The molecule has 0 spiro atoms. The summed E-state index contributed by atoms with van der Waals surface area (Å²) in [6.45, 7) is 3.53. The Morgan fingerprint density at radius 2 is 2.00 bits per heavy atom. The van der Waals surface area contributed by atoms with Crippen LogP contribution in [0.1, 0.15) is 72.9 Å². The van der Waals surface area contributed by atoms with E-state index >= 15 is 0 Å². The van der Waals surface area contributed by atoms with Crippen LogP contribution in [0.3, 0.4) is 0 Å². The first kappa shape index (κ1) is 19.8. The molecule has 4 rings (SSSR count). The highest BCUT2D eigenvalue weighted by molar-refractivity contribution is 5.97. The molecule has 28 heavy (non-hydrogen) atoms. The van der Waals surface area contributed by atoms with Gasteiger partial charge in [-0.2, -0.15) is 0 Å². The van der Waals surface area contributed by atoms with E-state index in [1.54, 1.807) is 12.0 Å². The number of methoxy groups -OCH3 is 1. The number of carbonyl (C=O) groups is 1. The maximum atomic E-state index is 12.9. The molecular weight excluding hydrogens is 350 g/mol. The summed E-state index contributed by atoms with van der Waals surface area (Å²) < 4.78 is 11.1. The van der Waals surface area contributed by atoms with Crippen LogP contribution >= 0.6 is 0 Å². The molecule has 1 amide bonds. The molecule has 0 aliphatic heterocycles. The lowest BCUT2D eigenvalue weighted by atomic mass is 9.56. The third kappa shape index (κ3) is 3.34. The molecule has 4 heteroatoms. The van der Waals surface area contributed by atoms with Crippen LogP contribution in [0, 0.1) is 17.3 Å². The van der Waals surface area contributed by atoms with E-state index in [9.17, 15) is 4.79 Å². The van der Waals surface area contributed by atoms with E-state index in [-0.39, 0.29) is 5.91 Å². The van der Waals surface area contributed by atoms with E-state index in [2.05, 4.69) is 19.1 Å². The van der Waals surface area contributed by atoms with Crippen molar-refractivity contribution >= 4 is 5.91 Å². The monoisotopic (exact) mass is 385 g/mol. The van der Waals surface area contributed by atoms with Gasteiger partial charge in [-0.1, -0.05) is 13.3 Å². The number of hydrogen-bond acceptors (Lipinski definition) is 3. The highest BCUT2D eigenvalue weighted by atomic mass is 16.5. The highest BCUT2D eigenvalue weighted by Gasteiger charge is 2.50. The maximum Gasteiger partial charge on any atom is 0.257 e. The first-order chi connectivity index (χ1) is 13.4. The molecule has 154 valence electrons. The van der Waals surface area contributed by atoms with Crippen LogP contribution in [0.25, 0.3) is 0 Å². The van der Waals surface area contributed by atoms with Gasteiger partial charge in [0.15, 0.2) is 0 Å². The Morgan fingerprint density at radius 1 is 1.18 bits per heavy atom. The fraction of sp³-hybridized carbons (Fsp3) is 0.708. The predicted octanol–water partition coefficient (Wildman–Crippen LogP) is 4.66. The molecule has 1 aromatic carbocycles. The van der Waals surface area contributed by atoms with Gasteiger partial charge < -0.3 is 14.4 Å². The Hall–Kier alpha value is -1.55. The zero-order chi connectivity index (χ0) is 19.9. The van der Waals surface area contributed by atoms with Gasteiger partial charge in [0.25, 0.3) is 5.91 Å². The normalized spacial score (nSPS) is 30.9. The van der Waals surface area contributed by atoms with E-state index < -0.39 is 0 Å². The second-order valence-electron chi connectivity index (χ2n) is 9.59. The molecule has 0 saturated heterocycles. The van der Waals surface area contributed by atoms with Gasteiger partial charge in [0.1, 0.15) is 12.4 Å². The van der Waals surface area contributed by atoms with Gasteiger partial charge in [-0.25, -0.2) is 0 Å². The van der Waals surface area contributed by atoms with Crippen molar-refractivity contribution in [2.75, 3.05) is 34.4 Å². The largest absolute Gasteiger partial charge is 0.490 e. The quantitative estimate of drug-likeness (QED) is 0.692. The van der Waals surface area contributed by atoms with E-state index in [4.69, 9.17) is 9.47 Å². The fourth-order valence-electron chi connectivity index (χ4n) is 6.35. The number of aryl methyl sites for hydroxylation is 1. The summed E-state index contributed by atoms with van der Waals surface area (Å²) in [5.74, 6) is 3.01. The summed E-state index contributed by atoms with van der Waals surface area (Å²) in [6.07, 6.45) is 9.20. The summed E-state index contributed by atoms with van der Waals surface area (Å²) in [4.78, 5) is 14.5. The van der Waals surface area contributed by atoms with E-state index in [1.807, 2.05) is 14.1 Å². The average Bonchev–Trinajstić information content (AvgIpc) is 3.08. The zero-order valence-electron chi connectivity index (χ0n) is 17.9. The molecule has 4 nitrogen and oxygen atoms in total. The van der Waals surface area contributed by atoms with Crippen LogP contribution in [0.2, 0.25) is 0 Å². The van der Waals surface area contributed by atoms with Crippen LogP contribution in [-0.2, 0) is 11.2 Å². The van der Waals surface area contributed by atoms with Gasteiger partial charge in [-0.15, -0.1) is 0 Å². The minimum atomic E-state index is 0.0267. The first-order valence-electron chi connectivity index (χ1n) is 10.9. The summed E-state index contributed by atoms with van der Waals surface area (Å²) in [6, 6.07) is 4.33. The molecule has 0 aromatic heterocycles. The molecule has 2 saturated carbocycles. The molecule has 2 fully saturated rings. The lowest BCUT2D eigenvalue weighted by molar-refractivity contribution is 0.0596. The first-order valence-corrected chi connectivity index (χ1v) is 10.9. The maximum absolute atomic E-state index is 12.9. The summed E-state index contributed by atoms with van der Waals surface area (Å²) >= 11 is 0. The van der Waals surface area contributed by atoms with Gasteiger partial charge in [0.2, 0.25) is 0 Å². The van der Waals surface area contributed by atoms with Crippen molar-refractivity contribution < 1.29 is 14.3 Å². The topological polar surface area (TPSA) is 38.8 Å². The third-order valence-electron chi connectivity index (χ3n) is 7.79. The van der Waals surface area contributed by atoms with Gasteiger partial charge >= 0.3 is 0 Å². The lowest BCUT2D eigenvalue weighted by Crippen LogP contribution is -2.39. The second-order valence-corrected chi connectivity index (χ2v) is 9.59. The number of ether oxygens (including phenoxy) is 2. The Morgan fingerprint density at radius 3 is 2.75 bits per heavy atom. The minimum Gasteiger partial charge on any atom is -0.490 e. The number of hydrogen-bond donors (Lipinski definition) is 0.